The van der Waals surface area contributed by atoms with Crippen LogP contribution in [0.1, 0.15) is 29.3 Å². The Morgan fingerprint density at radius 3 is 2.78 bits per heavy atom. The third-order valence-electron chi connectivity index (χ3n) is 4.52. The van der Waals surface area contributed by atoms with E-state index in [9.17, 15) is 4.79 Å². The summed E-state index contributed by atoms with van der Waals surface area (Å²) in [7, 11) is 1.91. The van der Waals surface area contributed by atoms with E-state index in [1.54, 1.807) is 17.5 Å². The van der Waals surface area contributed by atoms with Crippen molar-refractivity contribution < 1.29 is 9.21 Å². The highest BCUT2D eigenvalue weighted by Crippen LogP contribution is 2.33. The van der Waals surface area contributed by atoms with Crippen LogP contribution in [0, 0.1) is 6.92 Å². The molecule has 0 aliphatic carbocycles. The van der Waals surface area contributed by atoms with Gasteiger partial charge in [-0.2, -0.15) is 5.10 Å². The van der Waals surface area contributed by atoms with Crippen molar-refractivity contribution in [2.75, 3.05) is 5.75 Å². The van der Waals surface area contributed by atoms with Gasteiger partial charge in [-0.15, -0.1) is 0 Å². The fourth-order valence-corrected chi connectivity index (χ4v) is 3.83. The highest BCUT2D eigenvalue weighted by Gasteiger charge is 2.34. The molecule has 0 spiro atoms. The zero-order valence-electron chi connectivity index (χ0n) is 15.2. The van der Waals surface area contributed by atoms with Crippen molar-refractivity contribution in [1.29, 1.82) is 0 Å². The largest absolute Gasteiger partial charge is 0.467 e. The lowest BCUT2D eigenvalue weighted by atomic mass is 10.0. The molecule has 3 heterocycles. The zero-order chi connectivity index (χ0) is 18.8. The molecule has 0 fully saturated rings. The van der Waals surface area contributed by atoms with Gasteiger partial charge in [-0.1, -0.05) is 41.6 Å². The molecule has 27 heavy (non-hydrogen) atoms. The van der Waals surface area contributed by atoms with Crippen LogP contribution in [-0.4, -0.2) is 31.9 Å². The summed E-state index contributed by atoms with van der Waals surface area (Å²) >= 11 is 1.41. The van der Waals surface area contributed by atoms with E-state index in [4.69, 9.17) is 4.42 Å². The standard InChI is InChI=1S/C20H20N4O2S/c1-14-5-7-15(8-6-14)16-12-17(18-4-3-11-26-18)24(22-16)19(25)13-27-20-21-9-10-23(20)2/h3-11,17H,12-13H2,1-2H3/t17-/m1/s1. The molecule has 1 aliphatic heterocycles. The fourth-order valence-electron chi connectivity index (χ4n) is 3.05. The van der Waals surface area contributed by atoms with Gasteiger partial charge < -0.3 is 8.98 Å². The number of furan rings is 1. The SMILES string of the molecule is Cc1ccc(C2=NN(C(=O)CSc3nccn3C)[C@@H](c3ccco3)C2)cc1. The first kappa shape index (κ1) is 17.6. The average molecular weight is 380 g/mol. The molecular weight excluding hydrogens is 360 g/mol. The molecule has 138 valence electrons. The lowest BCUT2D eigenvalue weighted by molar-refractivity contribution is -0.130. The Balaban J connectivity index is 1.56. The second-order valence-electron chi connectivity index (χ2n) is 6.50. The number of thioether (sulfide) groups is 1. The van der Waals surface area contributed by atoms with E-state index in [1.807, 2.05) is 42.1 Å². The van der Waals surface area contributed by atoms with Gasteiger partial charge in [0.2, 0.25) is 0 Å². The normalized spacial score (nSPS) is 16.6. The van der Waals surface area contributed by atoms with E-state index in [-0.39, 0.29) is 17.7 Å². The number of nitrogens with zero attached hydrogens (tertiary/aromatic N) is 4. The minimum atomic E-state index is -0.217. The summed E-state index contributed by atoms with van der Waals surface area (Å²) in [6, 6.07) is 11.7. The number of carbonyl (C=O) groups excluding carboxylic acids is 1. The summed E-state index contributed by atoms with van der Waals surface area (Å²) in [5.41, 5.74) is 3.12. The minimum Gasteiger partial charge on any atom is -0.467 e. The number of amides is 1. The van der Waals surface area contributed by atoms with Crippen molar-refractivity contribution in [2.45, 2.75) is 24.5 Å². The average Bonchev–Trinajstić information content (AvgIpc) is 3.41. The molecular formula is C20H20N4O2S. The first-order valence-electron chi connectivity index (χ1n) is 8.72. The third kappa shape index (κ3) is 3.68. The van der Waals surface area contributed by atoms with Crippen molar-refractivity contribution in [2.24, 2.45) is 12.1 Å². The number of hydrazone groups is 1. The van der Waals surface area contributed by atoms with Gasteiger partial charge >= 0.3 is 0 Å². The van der Waals surface area contributed by atoms with Gasteiger partial charge in [0.05, 0.1) is 17.7 Å². The van der Waals surface area contributed by atoms with Gasteiger partial charge in [0.25, 0.3) is 5.91 Å². The van der Waals surface area contributed by atoms with Gasteiger partial charge in [0.1, 0.15) is 11.8 Å². The maximum atomic E-state index is 12.9. The Labute approximate surface area is 161 Å². The Bertz CT molecular complexity index is 960. The van der Waals surface area contributed by atoms with Crippen LogP contribution < -0.4 is 0 Å². The molecule has 1 aromatic carbocycles. The molecule has 3 aromatic rings. The highest BCUT2D eigenvalue weighted by molar-refractivity contribution is 7.99. The van der Waals surface area contributed by atoms with Crippen LogP contribution in [0.25, 0.3) is 0 Å². The number of rotatable bonds is 5. The molecule has 2 aromatic heterocycles. The quantitative estimate of drug-likeness (QED) is 0.632. The molecule has 0 saturated carbocycles. The third-order valence-corrected chi connectivity index (χ3v) is 5.57. The maximum Gasteiger partial charge on any atom is 0.253 e. The second-order valence-corrected chi connectivity index (χ2v) is 7.44. The van der Waals surface area contributed by atoms with Crippen LogP contribution in [-0.2, 0) is 11.8 Å². The van der Waals surface area contributed by atoms with E-state index >= 15 is 0 Å². The van der Waals surface area contributed by atoms with Crippen molar-refractivity contribution >= 4 is 23.4 Å². The van der Waals surface area contributed by atoms with Crippen molar-refractivity contribution in [1.82, 2.24) is 14.6 Å². The van der Waals surface area contributed by atoms with Crippen molar-refractivity contribution in [3.63, 3.8) is 0 Å². The Morgan fingerprint density at radius 2 is 2.11 bits per heavy atom. The Morgan fingerprint density at radius 1 is 1.30 bits per heavy atom. The molecule has 1 amide bonds. The van der Waals surface area contributed by atoms with Crippen LogP contribution in [0.4, 0.5) is 0 Å². The zero-order valence-corrected chi connectivity index (χ0v) is 16.0. The predicted octanol–water partition coefficient (Wildman–Crippen LogP) is 3.79. The van der Waals surface area contributed by atoms with E-state index in [2.05, 4.69) is 29.1 Å². The molecule has 0 bridgehead atoms. The summed E-state index contributed by atoms with van der Waals surface area (Å²) in [5.74, 6) is 0.954. The van der Waals surface area contributed by atoms with Gasteiger partial charge in [0.15, 0.2) is 5.16 Å². The molecule has 0 unspecified atom stereocenters. The topological polar surface area (TPSA) is 63.6 Å². The van der Waals surface area contributed by atoms with Crippen LogP contribution in [0.2, 0.25) is 0 Å². The van der Waals surface area contributed by atoms with E-state index in [0.717, 1.165) is 22.2 Å². The highest BCUT2D eigenvalue weighted by atomic mass is 32.2. The summed E-state index contributed by atoms with van der Waals surface area (Å²) in [5, 5.41) is 7.01. The fraction of sp³-hybridized carbons (Fsp3) is 0.250. The summed E-state index contributed by atoms with van der Waals surface area (Å²) < 4.78 is 7.48. The molecule has 1 aliphatic rings. The smallest absolute Gasteiger partial charge is 0.253 e. The Hall–Kier alpha value is -2.80. The first-order chi connectivity index (χ1) is 13.1. The molecule has 0 saturated heterocycles. The Kier molecular flexibility index (Phi) is 4.85. The van der Waals surface area contributed by atoms with Gasteiger partial charge in [-0.3, -0.25) is 4.79 Å². The molecule has 6 nitrogen and oxygen atoms in total. The van der Waals surface area contributed by atoms with Gasteiger partial charge in [0, 0.05) is 25.9 Å². The first-order valence-corrected chi connectivity index (χ1v) is 9.70. The summed E-state index contributed by atoms with van der Waals surface area (Å²) in [4.78, 5) is 17.2. The number of carbonyl (C=O) groups is 1. The molecule has 0 N–H and O–H groups in total. The van der Waals surface area contributed by atoms with Crippen LogP contribution in [0.3, 0.4) is 0 Å². The predicted molar refractivity (Wildman–Crippen MR) is 105 cm³/mol. The second kappa shape index (κ2) is 7.44. The molecule has 4 rings (SSSR count). The van der Waals surface area contributed by atoms with E-state index < -0.39 is 0 Å². The monoisotopic (exact) mass is 380 g/mol. The number of benzene rings is 1. The number of aromatic nitrogens is 2. The maximum absolute atomic E-state index is 12.9. The number of hydrogen-bond acceptors (Lipinski definition) is 5. The van der Waals surface area contributed by atoms with Crippen LogP contribution >= 0.6 is 11.8 Å². The lowest BCUT2D eigenvalue weighted by Crippen LogP contribution is -2.28. The van der Waals surface area contributed by atoms with Crippen molar-refractivity contribution in [3.8, 4) is 0 Å². The molecule has 0 radical (unpaired) electrons. The van der Waals surface area contributed by atoms with Gasteiger partial charge in [-0.25, -0.2) is 9.99 Å². The van der Waals surface area contributed by atoms with E-state index in [0.29, 0.717) is 6.42 Å². The molecule has 1 atom stereocenters. The summed E-state index contributed by atoms with van der Waals surface area (Å²) in [6.45, 7) is 2.05. The van der Waals surface area contributed by atoms with Crippen molar-refractivity contribution in [3.05, 3.63) is 71.9 Å². The molecule has 7 heteroatoms. The summed E-state index contributed by atoms with van der Waals surface area (Å²) in [6.07, 6.45) is 5.85. The van der Waals surface area contributed by atoms with Crippen LogP contribution in [0.5, 0.6) is 0 Å². The number of aryl methyl sites for hydroxylation is 2. The minimum absolute atomic E-state index is 0.0634. The lowest BCUT2D eigenvalue weighted by Gasteiger charge is -2.19. The van der Waals surface area contributed by atoms with Gasteiger partial charge in [-0.05, 0) is 24.6 Å². The van der Waals surface area contributed by atoms with E-state index in [1.165, 1.54) is 17.3 Å². The number of hydrogen-bond donors (Lipinski definition) is 0. The van der Waals surface area contributed by atoms with Crippen LogP contribution in [0.15, 0.2) is 69.7 Å². The number of imidazole rings is 1.